The Morgan fingerprint density at radius 1 is 1.38 bits per heavy atom. The molecular formula is C13H13NO2. The number of Topliss-reactive ketones (excluding diaryl/α,β-unsaturated/α-hetero) is 1. The molecule has 82 valence electrons. The number of para-hydroxylation sites is 1. The lowest BCUT2D eigenvalue weighted by Gasteiger charge is -2.06. The van der Waals surface area contributed by atoms with Crippen LogP contribution in [0.5, 0.6) is 0 Å². The summed E-state index contributed by atoms with van der Waals surface area (Å²) in [5.74, 6) is -0.0100. The quantitative estimate of drug-likeness (QED) is 0.738. The summed E-state index contributed by atoms with van der Waals surface area (Å²) in [7, 11) is 1.52. The van der Waals surface area contributed by atoms with E-state index in [1.807, 2.05) is 37.3 Å². The zero-order chi connectivity index (χ0) is 11.5. The van der Waals surface area contributed by atoms with Gasteiger partial charge < -0.3 is 4.74 Å². The van der Waals surface area contributed by atoms with Gasteiger partial charge in [0, 0.05) is 23.8 Å². The van der Waals surface area contributed by atoms with Crippen molar-refractivity contribution >= 4 is 16.7 Å². The van der Waals surface area contributed by atoms with Crippen LogP contribution in [0.15, 0.2) is 30.3 Å². The third kappa shape index (κ3) is 1.95. The molecule has 1 aromatic carbocycles. The lowest BCUT2D eigenvalue weighted by Crippen LogP contribution is -2.08. The molecule has 0 saturated heterocycles. The molecule has 0 fully saturated rings. The normalized spacial score (nSPS) is 10.6. The standard InChI is InChI=1S/C13H13NO2/c1-9-7-11(13(15)8-16-2)10-5-3-4-6-12(10)14-9/h3-7H,8H2,1-2H3. The molecule has 0 aliphatic heterocycles. The Kier molecular flexibility index (Phi) is 2.97. The van der Waals surface area contributed by atoms with E-state index in [1.54, 1.807) is 0 Å². The number of hydrogen-bond donors (Lipinski definition) is 0. The van der Waals surface area contributed by atoms with Gasteiger partial charge in [0.25, 0.3) is 0 Å². The van der Waals surface area contributed by atoms with Gasteiger partial charge in [-0.05, 0) is 19.1 Å². The molecular weight excluding hydrogens is 202 g/mol. The molecule has 0 radical (unpaired) electrons. The molecule has 1 aromatic heterocycles. The Bertz CT molecular complexity index is 534. The van der Waals surface area contributed by atoms with E-state index in [0.29, 0.717) is 5.56 Å². The summed E-state index contributed by atoms with van der Waals surface area (Å²) in [5, 5.41) is 0.884. The summed E-state index contributed by atoms with van der Waals surface area (Å²) in [5.41, 5.74) is 2.38. The third-order valence-corrected chi connectivity index (χ3v) is 2.42. The van der Waals surface area contributed by atoms with Crippen molar-refractivity contribution in [2.45, 2.75) is 6.92 Å². The fourth-order valence-electron chi connectivity index (χ4n) is 1.75. The zero-order valence-corrected chi connectivity index (χ0v) is 9.36. The minimum absolute atomic E-state index is 0.0100. The predicted octanol–water partition coefficient (Wildman–Crippen LogP) is 2.37. The van der Waals surface area contributed by atoms with Crippen molar-refractivity contribution < 1.29 is 9.53 Å². The molecule has 0 amide bonds. The Labute approximate surface area is 94.1 Å². The van der Waals surface area contributed by atoms with E-state index in [9.17, 15) is 4.79 Å². The molecule has 0 N–H and O–H groups in total. The number of pyridine rings is 1. The van der Waals surface area contributed by atoms with E-state index < -0.39 is 0 Å². The van der Waals surface area contributed by atoms with Crippen LogP contribution in [-0.4, -0.2) is 24.5 Å². The highest BCUT2D eigenvalue weighted by Crippen LogP contribution is 2.18. The van der Waals surface area contributed by atoms with Crippen LogP contribution < -0.4 is 0 Å². The topological polar surface area (TPSA) is 39.2 Å². The second kappa shape index (κ2) is 4.41. The number of methoxy groups -OCH3 is 1. The minimum Gasteiger partial charge on any atom is -0.377 e. The number of fused-ring (bicyclic) bond motifs is 1. The first kappa shape index (κ1) is 10.8. The van der Waals surface area contributed by atoms with Crippen molar-refractivity contribution in [1.82, 2.24) is 4.98 Å². The summed E-state index contributed by atoms with van der Waals surface area (Å²) in [4.78, 5) is 16.2. The Morgan fingerprint density at radius 3 is 2.88 bits per heavy atom. The maximum Gasteiger partial charge on any atom is 0.189 e. The zero-order valence-electron chi connectivity index (χ0n) is 9.36. The summed E-state index contributed by atoms with van der Waals surface area (Å²) in [6.07, 6.45) is 0. The van der Waals surface area contributed by atoms with Crippen LogP contribution in [0, 0.1) is 6.92 Å². The summed E-state index contributed by atoms with van der Waals surface area (Å²) < 4.78 is 4.88. The maximum atomic E-state index is 11.9. The smallest absolute Gasteiger partial charge is 0.189 e. The third-order valence-electron chi connectivity index (χ3n) is 2.42. The van der Waals surface area contributed by atoms with Gasteiger partial charge in [0.2, 0.25) is 0 Å². The van der Waals surface area contributed by atoms with E-state index in [0.717, 1.165) is 16.6 Å². The monoisotopic (exact) mass is 215 g/mol. The fourth-order valence-corrected chi connectivity index (χ4v) is 1.75. The van der Waals surface area contributed by atoms with Crippen molar-refractivity contribution in [2.24, 2.45) is 0 Å². The van der Waals surface area contributed by atoms with E-state index in [1.165, 1.54) is 7.11 Å². The van der Waals surface area contributed by atoms with Gasteiger partial charge in [0.15, 0.2) is 5.78 Å². The number of aryl methyl sites for hydroxylation is 1. The van der Waals surface area contributed by atoms with Gasteiger partial charge in [-0.15, -0.1) is 0 Å². The first-order valence-corrected chi connectivity index (χ1v) is 5.11. The highest BCUT2D eigenvalue weighted by Gasteiger charge is 2.10. The molecule has 0 unspecified atom stereocenters. The Hall–Kier alpha value is -1.74. The molecule has 2 rings (SSSR count). The van der Waals surface area contributed by atoms with Crippen molar-refractivity contribution in [3.8, 4) is 0 Å². The number of ketones is 1. The van der Waals surface area contributed by atoms with Crippen LogP contribution >= 0.6 is 0 Å². The van der Waals surface area contributed by atoms with E-state index in [4.69, 9.17) is 4.74 Å². The largest absolute Gasteiger partial charge is 0.377 e. The van der Waals surface area contributed by atoms with Crippen LogP contribution in [0.25, 0.3) is 10.9 Å². The van der Waals surface area contributed by atoms with E-state index >= 15 is 0 Å². The molecule has 0 aliphatic rings. The average molecular weight is 215 g/mol. The summed E-state index contributed by atoms with van der Waals surface area (Å²) in [6.45, 7) is 1.99. The number of hydrogen-bond acceptors (Lipinski definition) is 3. The SMILES string of the molecule is COCC(=O)c1cc(C)nc2ccccc12. The molecule has 0 aliphatic carbocycles. The van der Waals surface area contributed by atoms with Gasteiger partial charge in [-0.1, -0.05) is 18.2 Å². The van der Waals surface area contributed by atoms with Gasteiger partial charge in [-0.25, -0.2) is 0 Å². The van der Waals surface area contributed by atoms with Gasteiger partial charge in [0.1, 0.15) is 6.61 Å². The van der Waals surface area contributed by atoms with E-state index in [-0.39, 0.29) is 12.4 Å². The molecule has 1 heterocycles. The van der Waals surface area contributed by atoms with Gasteiger partial charge in [-0.3, -0.25) is 9.78 Å². The van der Waals surface area contributed by atoms with Crippen LogP contribution in [0.4, 0.5) is 0 Å². The molecule has 0 bridgehead atoms. The molecule has 0 saturated carbocycles. The maximum absolute atomic E-state index is 11.9. The number of ether oxygens (including phenoxy) is 1. The van der Waals surface area contributed by atoms with Crippen molar-refractivity contribution in [2.75, 3.05) is 13.7 Å². The molecule has 16 heavy (non-hydrogen) atoms. The lowest BCUT2D eigenvalue weighted by atomic mass is 10.0. The molecule has 0 spiro atoms. The first-order valence-electron chi connectivity index (χ1n) is 5.11. The van der Waals surface area contributed by atoms with Crippen molar-refractivity contribution in [3.63, 3.8) is 0 Å². The van der Waals surface area contributed by atoms with Crippen LogP contribution in [0.3, 0.4) is 0 Å². The molecule has 0 atom stereocenters. The second-order valence-corrected chi connectivity index (χ2v) is 3.68. The van der Waals surface area contributed by atoms with Crippen molar-refractivity contribution in [3.05, 3.63) is 41.6 Å². The second-order valence-electron chi connectivity index (χ2n) is 3.68. The van der Waals surface area contributed by atoms with Crippen LogP contribution in [0.2, 0.25) is 0 Å². The van der Waals surface area contributed by atoms with Gasteiger partial charge in [0.05, 0.1) is 5.52 Å². The number of nitrogens with zero attached hydrogens (tertiary/aromatic N) is 1. The average Bonchev–Trinajstić information content (AvgIpc) is 2.28. The van der Waals surface area contributed by atoms with E-state index in [2.05, 4.69) is 4.98 Å². The minimum atomic E-state index is -0.0100. The first-order chi connectivity index (χ1) is 7.72. The van der Waals surface area contributed by atoms with Crippen LogP contribution in [-0.2, 0) is 4.74 Å². The number of carbonyl (C=O) groups is 1. The van der Waals surface area contributed by atoms with Gasteiger partial charge >= 0.3 is 0 Å². The number of rotatable bonds is 3. The molecule has 2 aromatic rings. The summed E-state index contributed by atoms with van der Waals surface area (Å²) >= 11 is 0. The number of carbonyl (C=O) groups excluding carboxylic acids is 1. The Morgan fingerprint density at radius 2 is 2.12 bits per heavy atom. The Balaban J connectivity index is 2.63. The molecule has 3 heteroatoms. The predicted molar refractivity (Wildman–Crippen MR) is 62.7 cm³/mol. The van der Waals surface area contributed by atoms with Crippen molar-refractivity contribution in [1.29, 1.82) is 0 Å². The fraction of sp³-hybridized carbons (Fsp3) is 0.231. The highest BCUT2D eigenvalue weighted by atomic mass is 16.5. The number of benzene rings is 1. The lowest BCUT2D eigenvalue weighted by molar-refractivity contribution is 0.0849. The van der Waals surface area contributed by atoms with Crippen LogP contribution in [0.1, 0.15) is 16.1 Å². The summed E-state index contributed by atoms with van der Waals surface area (Å²) in [6, 6.07) is 9.45. The highest BCUT2D eigenvalue weighted by molar-refractivity contribution is 6.07. The van der Waals surface area contributed by atoms with Gasteiger partial charge in [-0.2, -0.15) is 0 Å². The molecule has 3 nitrogen and oxygen atoms in total. The number of aromatic nitrogens is 1.